The summed E-state index contributed by atoms with van der Waals surface area (Å²) in [5, 5.41) is 1.67. The van der Waals surface area contributed by atoms with E-state index in [4.69, 9.17) is 4.74 Å². The van der Waals surface area contributed by atoms with Gasteiger partial charge < -0.3 is 4.74 Å². The Hall–Kier alpha value is -1.38. The number of carbonyl (C=O) groups excluding carboxylic acids is 1. The van der Waals surface area contributed by atoms with E-state index in [0.29, 0.717) is 4.47 Å². The smallest absolute Gasteiger partial charge is 0.340 e. The molecule has 0 spiro atoms. The molecule has 1 aromatic heterocycles. The highest BCUT2D eigenvalue weighted by molar-refractivity contribution is 9.10. The average molecular weight is 404 g/mol. The third-order valence-corrected chi connectivity index (χ3v) is 6.10. The third kappa shape index (κ3) is 3.68. The maximum atomic E-state index is 12.4. The number of hydrogen-bond acceptors (Lipinski definition) is 5. The lowest BCUT2D eigenvalue weighted by Gasteiger charge is -2.14. The molecule has 0 aliphatic heterocycles. The van der Waals surface area contributed by atoms with Gasteiger partial charge in [0.15, 0.2) is 0 Å². The van der Waals surface area contributed by atoms with Gasteiger partial charge in [0.1, 0.15) is 4.21 Å². The molecule has 0 saturated carbocycles. The van der Waals surface area contributed by atoms with Gasteiger partial charge >= 0.3 is 5.97 Å². The maximum absolute atomic E-state index is 12.4. The molecular weight excluding hydrogens is 390 g/mol. The van der Waals surface area contributed by atoms with Crippen molar-refractivity contribution in [3.8, 4) is 0 Å². The number of hydrogen-bond donors (Lipinski definition) is 1. The fraction of sp³-hybridized carbons (Fsp3) is 0.214. The van der Waals surface area contributed by atoms with E-state index in [-0.39, 0.29) is 22.1 Å². The van der Waals surface area contributed by atoms with Gasteiger partial charge in [-0.05, 0) is 58.9 Å². The van der Waals surface area contributed by atoms with Gasteiger partial charge in [-0.25, -0.2) is 13.2 Å². The fourth-order valence-corrected chi connectivity index (χ4v) is 4.72. The van der Waals surface area contributed by atoms with Gasteiger partial charge in [-0.1, -0.05) is 6.07 Å². The van der Waals surface area contributed by atoms with E-state index in [2.05, 4.69) is 20.7 Å². The van der Waals surface area contributed by atoms with E-state index in [0.717, 1.165) is 16.9 Å². The molecule has 0 atom stereocenters. The Morgan fingerprint density at radius 2 is 2.14 bits per heavy atom. The van der Waals surface area contributed by atoms with Crippen LogP contribution in [0.15, 0.2) is 38.3 Å². The quantitative estimate of drug-likeness (QED) is 0.770. The number of benzene rings is 1. The molecule has 118 valence electrons. The zero-order chi connectivity index (χ0) is 16.3. The van der Waals surface area contributed by atoms with Crippen LogP contribution in [0.5, 0.6) is 0 Å². The summed E-state index contributed by atoms with van der Waals surface area (Å²) >= 11 is 4.40. The highest BCUT2D eigenvalue weighted by atomic mass is 79.9. The molecule has 0 fully saturated rings. The van der Waals surface area contributed by atoms with Crippen molar-refractivity contribution in [2.24, 2.45) is 0 Å². The van der Waals surface area contributed by atoms with Crippen LogP contribution in [-0.4, -0.2) is 21.0 Å². The lowest BCUT2D eigenvalue weighted by Crippen LogP contribution is -2.16. The summed E-state index contributed by atoms with van der Waals surface area (Å²) < 4.78 is 32.8. The van der Waals surface area contributed by atoms with Crippen molar-refractivity contribution >= 4 is 48.9 Å². The Kier molecular flexibility index (Phi) is 5.25. The molecule has 1 heterocycles. The molecule has 5 nitrogen and oxygen atoms in total. The van der Waals surface area contributed by atoms with Crippen molar-refractivity contribution in [3.05, 3.63) is 45.2 Å². The molecule has 0 saturated heterocycles. The second kappa shape index (κ2) is 6.80. The number of sulfonamides is 1. The number of carbonyl (C=O) groups is 1. The Bertz CT molecular complexity index is 785. The fourth-order valence-electron chi connectivity index (χ4n) is 1.82. The minimum atomic E-state index is -3.75. The van der Waals surface area contributed by atoms with Crippen LogP contribution in [0.3, 0.4) is 0 Å². The van der Waals surface area contributed by atoms with E-state index >= 15 is 0 Å². The zero-order valence-corrected chi connectivity index (χ0v) is 15.1. The van der Waals surface area contributed by atoms with Crippen LogP contribution in [0.25, 0.3) is 0 Å². The Balaban J connectivity index is 2.48. The molecule has 1 N–H and O–H groups in total. The normalized spacial score (nSPS) is 11.2. The molecule has 0 aliphatic carbocycles. The highest BCUT2D eigenvalue weighted by Gasteiger charge is 2.22. The van der Waals surface area contributed by atoms with E-state index < -0.39 is 16.0 Å². The van der Waals surface area contributed by atoms with Crippen LogP contribution in [0.1, 0.15) is 22.8 Å². The number of ether oxygens (including phenoxy) is 1. The summed E-state index contributed by atoms with van der Waals surface area (Å²) in [6, 6.07) is 6.47. The van der Waals surface area contributed by atoms with E-state index in [9.17, 15) is 13.2 Å². The van der Waals surface area contributed by atoms with Crippen LogP contribution >= 0.6 is 27.3 Å². The summed E-state index contributed by atoms with van der Waals surface area (Å²) in [4.78, 5) is 12.1. The maximum Gasteiger partial charge on any atom is 0.340 e. The summed E-state index contributed by atoms with van der Waals surface area (Å²) in [5.74, 6) is -0.573. The molecule has 0 aliphatic rings. The van der Waals surface area contributed by atoms with E-state index in [1.165, 1.54) is 6.07 Å². The summed E-state index contributed by atoms with van der Waals surface area (Å²) in [5.41, 5.74) is 1.17. The molecular formula is C14H14BrNO4S2. The van der Waals surface area contributed by atoms with Gasteiger partial charge in [-0.15, -0.1) is 11.3 Å². The first-order valence-corrected chi connectivity index (χ1v) is 9.54. The first-order chi connectivity index (χ1) is 10.3. The molecule has 0 amide bonds. The SMILES string of the molecule is CCOC(=O)c1cc(C)cc(Br)c1NS(=O)(=O)c1cccs1. The monoisotopic (exact) mass is 403 g/mol. The van der Waals surface area contributed by atoms with E-state index in [1.54, 1.807) is 30.5 Å². The van der Waals surface area contributed by atoms with Crippen molar-refractivity contribution in [1.29, 1.82) is 0 Å². The van der Waals surface area contributed by atoms with Crippen molar-refractivity contribution in [3.63, 3.8) is 0 Å². The minimum absolute atomic E-state index is 0.175. The first-order valence-electron chi connectivity index (χ1n) is 6.38. The second-order valence-electron chi connectivity index (χ2n) is 4.43. The Morgan fingerprint density at radius 1 is 1.41 bits per heavy atom. The van der Waals surface area contributed by atoms with Crippen LogP contribution in [0.4, 0.5) is 5.69 Å². The molecule has 0 radical (unpaired) electrons. The summed E-state index contributed by atoms with van der Waals surface area (Å²) in [6.45, 7) is 3.71. The van der Waals surface area contributed by atoms with Crippen molar-refractivity contribution < 1.29 is 17.9 Å². The summed E-state index contributed by atoms with van der Waals surface area (Å²) in [7, 11) is -3.75. The number of rotatable bonds is 5. The predicted octanol–water partition coefficient (Wildman–Crippen LogP) is 3.80. The van der Waals surface area contributed by atoms with Gasteiger partial charge in [-0.2, -0.15) is 0 Å². The zero-order valence-electron chi connectivity index (χ0n) is 11.9. The van der Waals surface area contributed by atoms with Gasteiger partial charge in [0.2, 0.25) is 0 Å². The number of anilines is 1. The number of aryl methyl sites for hydroxylation is 1. The van der Waals surface area contributed by atoms with Crippen molar-refractivity contribution in [2.75, 3.05) is 11.3 Å². The highest BCUT2D eigenvalue weighted by Crippen LogP contribution is 2.31. The van der Waals surface area contributed by atoms with Gasteiger partial charge in [0.25, 0.3) is 10.0 Å². The topological polar surface area (TPSA) is 72.5 Å². The molecule has 8 heteroatoms. The van der Waals surface area contributed by atoms with Crippen LogP contribution in [-0.2, 0) is 14.8 Å². The van der Waals surface area contributed by atoms with Gasteiger partial charge in [0, 0.05) is 4.47 Å². The molecule has 2 aromatic rings. The largest absolute Gasteiger partial charge is 0.462 e. The molecule has 0 unspecified atom stereocenters. The second-order valence-corrected chi connectivity index (χ2v) is 8.14. The molecule has 2 rings (SSSR count). The molecule has 0 bridgehead atoms. The predicted molar refractivity (Wildman–Crippen MR) is 90.0 cm³/mol. The number of thiophene rings is 1. The Labute approximate surface area is 141 Å². The number of esters is 1. The van der Waals surface area contributed by atoms with Crippen LogP contribution in [0, 0.1) is 6.92 Å². The Morgan fingerprint density at radius 3 is 2.73 bits per heavy atom. The summed E-state index contributed by atoms with van der Waals surface area (Å²) in [6.07, 6.45) is 0. The van der Waals surface area contributed by atoms with Crippen LogP contribution < -0.4 is 4.72 Å². The number of nitrogens with one attached hydrogen (secondary N) is 1. The van der Waals surface area contributed by atoms with E-state index in [1.807, 2.05) is 6.92 Å². The van der Waals surface area contributed by atoms with Gasteiger partial charge in [0.05, 0.1) is 17.9 Å². The first kappa shape index (κ1) is 17.0. The van der Waals surface area contributed by atoms with Crippen LogP contribution in [0.2, 0.25) is 0 Å². The lowest BCUT2D eigenvalue weighted by atomic mass is 10.1. The average Bonchev–Trinajstić information content (AvgIpc) is 2.96. The standard InChI is InChI=1S/C14H14BrNO4S2/c1-3-20-14(17)10-7-9(2)8-11(15)13(10)16-22(18,19)12-5-4-6-21-12/h4-8,16H,3H2,1-2H3. The molecule has 1 aromatic carbocycles. The minimum Gasteiger partial charge on any atom is -0.462 e. The lowest BCUT2D eigenvalue weighted by molar-refractivity contribution is 0.0527. The van der Waals surface area contributed by atoms with Crippen molar-refractivity contribution in [2.45, 2.75) is 18.1 Å². The van der Waals surface area contributed by atoms with Gasteiger partial charge in [-0.3, -0.25) is 4.72 Å². The molecule has 22 heavy (non-hydrogen) atoms. The third-order valence-electron chi connectivity index (χ3n) is 2.73. The van der Waals surface area contributed by atoms with Crippen molar-refractivity contribution in [1.82, 2.24) is 0 Å². The number of halogens is 1.